The Hall–Kier alpha value is -3.26. The van der Waals surface area contributed by atoms with Crippen LogP contribution in [0.2, 0.25) is 5.02 Å². The van der Waals surface area contributed by atoms with Crippen LogP contribution >= 0.6 is 11.6 Å². The highest BCUT2D eigenvalue weighted by atomic mass is 35.5. The number of halogens is 1. The number of hydrogen-bond acceptors (Lipinski definition) is 5. The molecule has 0 aliphatic heterocycles. The van der Waals surface area contributed by atoms with Crippen molar-refractivity contribution in [2.24, 2.45) is 0 Å². The van der Waals surface area contributed by atoms with E-state index in [-0.39, 0.29) is 5.52 Å². The lowest BCUT2D eigenvalue weighted by molar-refractivity contribution is -0.140. The molecule has 0 aliphatic rings. The molecule has 4 aromatic rings. The highest BCUT2D eigenvalue weighted by Crippen LogP contribution is 2.29. The maximum absolute atomic E-state index is 12.7. The number of hydrogen-bond donors (Lipinski definition) is 1. The van der Waals surface area contributed by atoms with Gasteiger partial charge in [-0.3, -0.25) is 9.36 Å². The first-order valence-electron chi connectivity index (χ1n) is 8.70. The summed E-state index contributed by atoms with van der Waals surface area (Å²) >= 11 is 6.00. The number of carboxylic acids is 1. The number of aromatic nitrogens is 5. The van der Waals surface area contributed by atoms with Gasteiger partial charge in [-0.2, -0.15) is 5.10 Å². The van der Waals surface area contributed by atoms with Crippen molar-refractivity contribution < 1.29 is 9.90 Å². The summed E-state index contributed by atoms with van der Waals surface area (Å²) in [4.78, 5) is 24.0. The number of carboxylic acid groups (broad SMARTS) is 1. The molecule has 0 unspecified atom stereocenters. The molecule has 0 saturated heterocycles. The van der Waals surface area contributed by atoms with Crippen molar-refractivity contribution in [1.82, 2.24) is 24.4 Å². The van der Waals surface area contributed by atoms with Crippen molar-refractivity contribution >= 4 is 34.3 Å². The van der Waals surface area contributed by atoms with Crippen LogP contribution < -0.4 is 5.56 Å². The number of fused-ring (bicyclic) bond motifs is 3. The van der Waals surface area contributed by atoms with E-state index in [4.69, 9.17) is 11.6 Å². The molecule has 0 bridgehead atoms. The van der Waals surface area contributed by atoms with Crippen LogP contribution in [0.3, 0.4) is 0 Å². The molecule has 0 radical (unpaired) electrons. The van der Waals surface area contributed by atoms with E-state index in [1.165, 1.54) is 13.1 Å². The molecule has 0 aliphatic carbocycles. The molecule has 1 N–H and O–H groups in total. The summed E-state index contributed by atoms with van der Waals surface area (Å²) in [5.74, 6) is -1.10. The van der Waals surface area contributed by atoms with Gasteiger partial charge < -0.3 is 5.11 Å². The van der Waals surface area contributed by atoms with Gasteiger partial charge in [-0.1, -0.05) is 30.7 Å². The van der Waals surface area contributed by atoms with Crippen LogP contribution in [0.4, 0.5) is 0 Å². The van der Waals surface area contributed by atoms with Gasteiger partial charge in [0.2, 0.25) is 0 Å². The van der Waals surface area contributed by atoms with E-state index < -0.39 is 17.6 Å². The first kappa shape index (κ1) is 18.1. The van der Waals surface area contributed by atoms with Crippen LogP contribution in [0.25, 0.3) is 27.8 Å². The first-order valence-corrected chi connectivity index (χ1v) is 9.08. The summed E-state index contributed by atoms with van der Waals surface area (Å²) < 4.78 is 2.71. The van der Waals surface area contributed by atoms with E-state index in [0.29, 0.717) is 22.6 Å². The van der Waals surface area contributed by atoms with E-state index in [0.717, 1.165) is 21.4 Å². The second-order valence-corrected chi connectivity index (χ2v) is 6.83. The molecular weight excluding hydrogens is 382 g/mol. The van der Waals surface area contributed by atoms with Crippen molar-refractivity contribution in [1.29, 1.82) is 0 Å². The monoisotopic (exact) mass is 397 g/mol. The third-order valence-corrected chi connectivity index (χ3v) is 4.97. The Bertz CT molecular complexity index is 1280. The zero-order valence-electron chi connectivity index (χ0n) is 15.1. The third-order valence-electron chi connectivity index (χ3n) is 4.72. The molecule has 9 heteroatoms. The van der Waals surface area contributed by atoms with Crippen LogP contribution in [0, 0.1) is 0 Å². The van der Waals surface area contributed by atoms with Gasteiger partial charge >= 0.3 is 5.97 Å². The molecule has 3 aromatic heterocycles. The number of benzene rings is 1. The summed E-state index contributed by atoms with van der Waals surface area (Å²) in [6, 6.07) is 7.98. The van der Waals surface area contributed by atoms with Crippen LogP contribution in [0.15, 0.2) is 41.3 Å². The lowest BCUT2D eigenvalue weighted by Crippen LogP contribution is -2.28. The molecule has 28 heavy (non-hydrogen) atoms. The van der Waals surface area contributed by atoms with Crippen molar-refractivity contribution in [3.05, 3.63) is 57.6 Å². The summed E-state index contributed by atoms with van der Waals surface area (Å²) in [6.45, 7) is 3.42. The second kappa shape index (κ2) is 6.72. The van der Waals surface area contributed by atoms with Crippen LogP contribution in [-0.2, 0) is 11.2 Å². The highest BCUT2D eigenvalue weighted by Gasteiger charge is 2.21. The van der Waals surface area contributed by atoms with Gasteiger partial charge in [-0.15, -0.1) is 10.2 Å². The Kier molecular flexibility index (Phi) is 4.35. The van der Waals surface area contributed by atoms with Crippen LogP contribution in [-0.4, -0.2) is 35.5 Å². The summed E-state index contributed by atoms with van der Waals surface area (Å²) in [5, 5.41) is 22.8. The first-order chi connectivity index (χ1) is 13.4. The van der Waals surface area contributed by atoms with Gasteiger partial charge in [0.1, 0.15) is 11.6 Å². The fourth-order valence-electron chi connectivity index (χ4n) is 3.19. The molecular formula is C19H16ClN5O3. The Morgan fingerprint density at radius 2 is 1.93 bits per heavy atom. The SMILES string of the molecule is CCc1nn2c(nnc3c(=O)n([C@@H](C)C(=O)O)ccc32)c1-c1ccc(Cl)cc1. The number of rotatable bonds is 4. The molecule has 3 heterocycles. The summed E-state index contributed by atoms with van der Waals surface area (Å²) in [6.07, 6.45) is 2.11. The molecule has 0 fully saturated rings. The lowest BCUT2D eigenvalue weighted by Gasteiger charge is -2.11. The second-order valence-electron chi connectivity index (χ2n) is 6.39. The maximum Gasteiger partial charge on any atom is 0.326 e. The molecule has 0 amide bonds. The Morgan fingerprint density at radius 3 is 2.57 bits per heavy atom. The van der Waals surface area contributed by atoms with Gasteiger partial charge in [-0.25, -0.2) is 9.31 Å². The normalized spacial score (nSPS) is 12.5. The predicted octanol–water partition coefficient (Wildman–Crippen LogP) is 2.97. The smallest absolute Gasteiger partial charge is 0.326 e. The van der Waals surface area contributed by atoms with Crippen molar-refractivity contribution in [2.45, 2.75) is 26.3 Å². The third kappa shape index (κ3) is 2.73. The average Bonchev–Trinajstić information content (AvgIpc) is 3.07. The zero-order chi connectivity index (χ0) is 20.0. The lowest BCUT2D eigenvalue weighted by atomic mass is 10.0. The van der Waals surface area contributed by atoms with Gasteiger partial charge in [0, 0.05) is 11.2 Å². The molecule has 1 aromatic carbocycles. The Morgan fingerprint density at radius 1 is 1.21 bits per heavy atom. The predicted molar refractivity (Wildman–Crippen MR) is 105 cm³/mol. The fraction of sp³-hybridized carbons (Fsp3) is 0.211. The summed E-state index contributed by atoms with van der Waals surface area (Å²) in [5.41, 5.74) is 3.08. The van der Waals surface area contributed by atoms with Gasteiger partial charge in [0.25, 0.3) is 5.56 Å². The highest BCUT2D eigenvalue weighted by molar-refractivity contribution is 6.30. The average molecular weight is 398 g/mol. The number of carbonyl (C=O) groups is 1. The van der Waals surface area contributed by atoms with Crippen LogP contribution in [0.5, 0.6) is 0 Å². The van der Waals surface area contributed by atoms with Gasteiger partial charge in [0.05, 0.1) is 11.3 Å². The Balaban J connectivity index is 2.01. The van der Waals surface area contributed by atoms with E-state index in [1.54, 1.807) is 22.7 Å². The fourth-order valence-corrected chi connectivity index (χ4v) is 3.31. The van der Waals surface area contributed by atoms with E-state index >= 15 is 0 Å². The zero-order valence-corrected chi connectivity index (χ0v) is 15.9. The van der Waals surface area contributed by atoms with Crippen molar-refractivity contribution in [3.63, 3.8) is 0 Å². The number of pyridine rings is 1. The number of nitrogens with zero attached hydrogens (tertiary/aromatic N) is 5. The van der Waals surface area contributed by atoms with Gasteiger partial charge in [0.15, 0.2) is 11.2 Å². The van der Waals surface area contributed by atoms with E-state index in [2.05, 4.69) is 15.3 Å². The number of aryl methyl sites for hydroxylation is 1. The largest absolute Gasteiger partial charge is 0.480 e. The molecule has 8 nitrogen and oxygen atoms in total. The minimum absolute atomic E-state index is 0.0657. The minimum atomic E-state index is -1.10. The van der Waals surface area contributed by atoms with Crippen molar-refractivity contribution in [2.75, 3.05) is 0 Å². The molecule has 0 spiro atoms. The quantitative estimate of drug-likeness (QED) is 0.568. The molecule has 4 rings (SSSR count). The minimum Gasteiger partial charge on any atom is -0.480 e. The number of aliphatic carboxylic acids is 1. The Labute approximate surface area is 164 Å². The van der Waals surface area contributed by atoms with Gasteiger partial charge in [-0.05, 0) is 37.1 Å². The van der Waals surface area contributed by atoms with E-state index in [9.17, 15) is 14.7 Å². The molecule has 1 atom stereocenters. The summed E-state index contributed by atoms with van der Waals surface area (Å²) in [7, 11) is 0. The van der Waals surface area contributed by atoms with Crippen molar-refractivity contribution in [3.8, 4) is 11.1 Å². The molecule has 142 valence electrons. The maximum atomic E-state index is 12.7. The topological polar surface area (TPSA) is 102 Å². The van der Waals surface area contributed by atoms with Crippen LogP contribution in [0.1, 0.15) is 25.6 Å². The van der Waals surface area contributed by atoms with E-state index in [1.807, 2.05) is 19.1 Å². The molecule has 0 saturated carbocycles. The standard InChI is InChI=1S/C19H16ClN5O3/c1-3-13-15(11-4-6-12(20)7-5-11)17-22-21-16-14(25(17)23-13)8-9-24(18(16)26)10(2)19(27)28/h4-10H,3H2,1-2H3,(H,27,28)/t10-/m0/s1.